The quantitative estimate of drug-likeness (QED) is 0.134. The van der Waals surface area contributed by atoms with Crippen molar-refractivity contribution in [2.45, 2.75) is 103 Å². The van der Waals surface area contributed by atoms with Crippen LogP contribution in [0.4, 0.5) is 0 Å². The third-order valence-electron chi connectivity index (χ3n) is 10.7. The molecule has 0 radical (unpaired) electrons. The number of halogens is 1. The van der Waals surface area contributed by atoms with Crippen LogP contribution in [0.15, 0.2) is 23.8 Å². The second kappa shape index (κ2) is 12.2. The van der Waals surface area contributed by atoms with Gasteiger partial charge in [-0.2, -0.15) is 0 Å². The fraction of sp³-hybridized carbons (Fsp3) is 0.781. The molecule has 3 fully saturated rings. The minimum absolute atomic E-state index is 0.0568. The average Bonchev–Trinajstić information content (AvgIpc) is 3.13. The topological polar surface area (TPSA) is 114 Å². The highest BCUT2D eigenvalue weighted by Gasteiger charge is 2.76. The van der Waals surface area contributed by atoms with E-state index in [-0.39, 0.29) is 55.5 Å². The number of hydrogen-bond donors (Lipinski definition) is 3. The van der Waals surface area contributed by atoms with E-state index >= 15 is 0 Å². The Balaban J connectivity index is 1.58. The summed E-state index contributed by atoms with van der Waals surface area (Å²) < 4.78 is 12.0. The van der Waals surface area contributed by atoms with Crippen molar-refractivity contribution in [2.75, 3.05) is 26.4 Å². The van der Waals surface area contributed by atoms with Gasteiger partial charge in [0.25, 0.3) is 0 Å². The summed E-state index contributed by atoms with van der Waals surface area (Å²) in [4.78, 5) is 38.2. The molecule has 0 aromatic carbocycles. The van der Waals surface area contributed by atoms with Crippen molar-refractivity contribution < 1.29 is 29.0 Å². The lowest BCUT2D eigenvalue weighted by molar-refractivity contribution is -0.203. The molecule has 0 bridgehead atoms. The molecular formula is C32H49ClN2O6. The van der Waals surface area contributed by atoms with Crippen LogP contribution in [0.1, 0.15) is 80.1 Å². The Morgan fingerprint density at radius 1 is 1.22 bits per heavy atom. The molecule has 4 aliphatic carbocycles. The van der Waals surface area contributed by atoms with Crippen molar-refractivity contribution in [3.63, 3.8) is 0 Å². The fourth-order valence-electron chi connectivity index (χ4n) is 8.65. The van der Waals surface area contributed by atoms with Gasteiger partial charge in [-0.15, -0.1) is 11.6 Å². The van der Waals surface area contributed by atoms with Crippen LogP contribution in [0.3, 0.4) is 0 Å². The summed E-state index contributed by atoms with van der Waals surface area (Å²) in [6.45, 7) is 13.6. The van der Waals surface area contributed by atoms with Gasteiger partial charge in [-0.3, -0.25) is 19.7 Å². The standard InChI is InChI=1S/C32H49ClN2O6/c1-7-28(39)41-32(27(38)18-40-19-34-13-8-14-35-20(2)3)21(4)15-25-24-10-9-22-16-23(36)11-12-29(22,5)31(24,33)26(37)17-30(25,32)6/h11-12,16,20-21,24-26,34-35,37H,7-10,13-15,17-19H2,1-6H3/t21-,24-,25?,26-,29-,30-,31-,32-/m0/s1. The maximum absolute atomic E-state index is 14.2. The first-order chi connectivity index (χ1) is 19.3. The van der Waals surface area contributed by atoms with Gasteiger partial charge in [-0.25, -0.2) is 0 Å². The number of Topliss-reactive ketones (excluding diaryl/α,β-unsaturated/α-hetero) is 1. The number of rotatable bonds is 12. The number of carbonyl (C=O) groups excluding carboxylic acids is 3. The molecule has 4 rings (SSSR count). The van der Waals surface area contributed by atoms with E-state index in [0.717, 1.165) is 25.1 Å². The molecule has 0 aromatic rings. The number of esters is 1. The average molecular weight is 593 g/mol. The highest BCUT2D eigenvalue weighted by atomic mass is 35.5. The molecule has 1 unspecified atom stereocenters. The molecule has 9 heteroatoms. The van der Waals surface area contributed by atoms with Crippen LogP contribution in [-0.4, -0.2) is 71.7 Å². The van der Waals surface area contributed by atoms with Crippen LogP contribution in [0.25, 0.3) is 0 Å². The Labute approximate surface area is 250 Å². The smallest absolute Gasteiger partial charge is 0.306 e. The van der Waals surface area contributed by atoms with Gasteiger partial charge in [-0.05, 0) is 69.2 Å². The summed E-state index contributed by atoms with van der Waals surface area (Å²) >= 11 is 7.56. The maximum Gasteiger partial charge on any atom is 0.306 e. The number of aliphatic hydroxyl groups excluding tert-OH is 1. The van der Waals surface area contributed by atoms with E-state index in [2.05, 4.69) is 24.5 Å². The predicted octanol–water partition coefficient (Wildman–Crippen LogP) is 4.09. The van der Waals surface area contributed by atoms with E-state index in [0.29, 0.717) is 25.3 Å². The number of allylic oxidation sites excluding steroid dienone is 4. The van der Waals surface area contributed by atoms with Crippen LogP contribution >= 0.6 is 11.6 Å². The van der Waals surface area contributed by atoms with Gasteiger partial charge in [-0.1, -0.05) is 53.2 Å². The summed E-state index contributed by atoms with van der Waals surface area (Å²) in [5.74, 6) is -1.24. The Morgan fingerprint density at radius 2 is 1.95 bits per heavy atom. The van der Waals surface area contributed by atoms with Crippen molar-refractivity contribution in [3.05, 3.63) is 23.8 Å². The van der Waals surface area contributed by atoms with Gasteiger partial charge in [0.15, 0.2) is 11.4 Å². The van der Waals surface area contributed by atoms with Gasteiger partial charge >= 0.3 is 5.97 Å². The van der Waals surface area contributed by atoms with Gasteiger partial charge in [0.05, 0.1) is 17.7 Å². The molecule has 0 amide bonds. The third kappa shape index (κ3) is 5.26. The van der Waals surface area contributed by atoms with E-state index in [9.17, 15) is 19.5 Å². The molecule has 0 aromatic heterocycles. The van der Waals surface area contributed by atoms with Crippen LogP contribution < -0.4 is 10.6 Å². The number of fused-ring (bicyclic) bond motifs is 5. The molecule has 3 saturated carbocycles. The first-order valence-electron chi connectivity index (χ1n) is 15.4. The Bertz CT molecular complexity index is 1090. The molecule has 230 valence electrons. The first kappa shape index (κ1) is 32.3. The lowest BCUT2D eigenvalue weighted by atomic mass is 9.45. The van der Waals surface area contributed by atoms with Crippen LogP contribution in [0.2, 0.25) is 0 Å². The zero-order chi connectivity index (χ0) is 30.2. The summed E-state index contributed by atoms with van der Waals surface area (Å²) in [7, 11) is 0. The van der Waals surface area contributed by atoms with E-state index < -0.39 is 33.4 Å². The number of alkyl halides is 1. The molecule has 3 N–H and O–H groups in total. The number of nitrogens with one attached hydrogen (secondary N) is 2. The highest BCUT2D eigenvalue weighted by molar-refractivity contribution is 6.26. The largest absolute Gasteiger partial charge is 0.450 e. The minimum atomic E-state index is -1.43. The highest BCUT2D eigenvalue weighted by Crippen LogP contribution is 2.72. The molecular weight excluding hydrogens is 544 g/mol. The molecule has 0 spiro atoms. The van der Waals surface area contributed by atoms with Crippen LogP contribution in [0, 0.1) is 28.6 Å². The summed E-state index contributed by atoms with van der Waals surface area (Å²) in [6.07, 6.45) is 7.41. The molecule has 0 heterocycles. The normalized spacial score (nSPS) is 39.6. The predicted molar refractivity (Wildman–Crippen MR) is 158 cm³/mol. The van der Waals surface area contributed by atoms with Crippen LogP contribution in [-0.2, 0) is 23.9 Å². The summed E-state index contributed by atoms with van der Waals surface area (Å²) in [5.41, 5.74) is -2.00. The Kier molecular flexibility index (Phi) is 9.62. The summed E-state index contributed by atoms with van der Waals surface area (Å²) in [6, 6.07) is 0.435. The zero-order valence-corrected chi connectivity index (χ0v) is 26.3. The first-order valence-corrected chi connectivity index (χ1v) is 15.7. The number of aliphatic hydroxyl groups is 1. The van der Waals surface area contributed by atoms with Crippen molar-refractivity contribution in [1.29, 1.82) is 0 Å². The van der Waals surface area contributed by atoms with Crippen molar-refractivity contribution >= 4 is 29.1 Å². The van der Waals surface area contributed by atoms with Crippen molar-refractivity contribution in [2.24, 2.45) is 28.6 Å². The van der Waals surface area contributed by atoms with Crippen molar-refractivity contribution in [3.8, 4) is 0 Å². The zero-order valence-electron chi connectivity index (χ0n) is 25.6. The van der Waals surface area contributed by atoms with E-state index in [1.54, 1.807) is 19.1 Å². The molecule has 0 saturated heterocycles. The van der Waals surface area contributed by atoms with Gasteiger partial charge in [0.1, 0.15) is 6.61 Å². The van der Waals surface area contributed by atoms with E-state index in [4.69, 9.17) is 21.1 Å². The lowest BCUT2D eigenvalue weighted by Gasteiger charge is -2.64. The van der Waals surface area contributed by atoms with E-state index in [1.165, 1.54) is 0 Å². The van der Waals surface area contributed by atoms with Gasteiger partial charge < -0.3 is 19.9 Å². The SMILES string of the molecule is CCC(=O)O[C@]1(C(=O)COCNCCCNC(C)C)[C@@H](C)CC2[C@@H]3CCC4=CC(=O)C=C[C@]4(C)[C@@]3(Cl)[C@@H](O)C[C@@]21C. The van der Waals surface area contributed by atoms with Gasteiger partial charge in [0, 0.05) is 29.2 Å². The fourth-order valence-corrected chi connectivity index (χ4v) is 9.17. The number of ether oxygens (including phenoxy) is 2. The second-order valence-electron chi connectivity index (χ2n) is 13.3. The lowest BCUT2D eigenvalue weighted by Crippen LogP contribution is -2.69. The second-order valence-corrected chi connectivity index (χ2v) is 14.0. The van der Waals surface area contributed by atoms with Gasteiger partial charge in [0.2, 0.25) is 5.78 Å². The maximum atomic E-state index is 14.2. The molecule has 0 aliphatic heterocycles. The Hall–Kier alpha value is -1.58. The molecule has 41 heavy (non-hydrogen) atoms. The number of hydrogen-bond acceptors (Lipinski definition) is 8. The van der Waals surface area contributed by atoms with Crippen LogP contribution in [0.5, 0.6) is 0 Å². The monoisotopic (exact) mass is 592 g/mol. The molecule has 8 atom stereocenters. The molecule has 8 nitrogen and oxygen atoms in total. The minimum Gasteiger partial charge on any atom is -0.450 e. The van der Waals surface area contributed by atoms with E-state index in [1.807, 2.05) is 26.8 Å². The third-order valence-corrected chi connectivity index (χ3v) is 11.6. The molecule has 4 aliphatic rings. The summed E-state index contributed by atoms with van der Waals surface area (Å²) in [5, 5.41) is 18.5. The van der Waals surface area contributed by atoms with Crippen molar-refractivity contribution in [1.82, 2.24) is 10.6 Å². The Morgan fingerprint density at radius 3 is 2.63 bits per heavy atom. The number of carbonyl (C=O) groups is 3. The number of ketones is 2.